The molecule has 1 aromatic rings. The van der Waals surface area contributed by atoms with Crippen LogP contribution in [0.15, 0.2) is 16.8 Å². The molecule has 0 bridgehead atoms. The number of rotatable bonds is 4. The second kappa shape index (κ2) is 5.85. The Balaban J connectivity index is 1.86. The lowest BCUT2D eigenvalue weighted by molar-refractivity contribution is -0.131. The maximum atomic E-state index is 12.3. The molecule has 2 heterocycles. The van der Waals surface area contributed by atoms with Gasteiger partial charge in [0.15, 0.2) is 0 Å². The molecule has 1 aromatic heterocycles. The van der Waals surface area contributed by atoms with Crippen molar-refractivity contribution in [2.75, 3.05) is 13.1 Å². The Kier molecular flexibility index (Phi) is 4.40. The molecule has 0 spiro atoms. The second-order valence-electron chi connectivity index (χ2n) is 5.55. The average molecular weight is 266 g/mol. The number of amides is 1. The fourth-order valence-electron chi connectivity index (χ4n) is 2.46. The largest absolute Gasteiger partial charge is 0.353 e. The van der Waals surface area contributed by atoms with E-state index in [1.807, 2.05) is 0 Å². The van der Waals surface area contributed by atoms with Gasteiger partial charge in [0.25, 0.3) is 0 Å². The first kappa shape index (κ1) is 13.6. The molecule has 0 aliphatic carbocycles. The quantitative estimate of drug-likeness (QED) is 0.877. The van der Waals surface area contributed by atoms with E-state index in [4.69, 9.17) is 0 Å². The van der Waals surface area contributed by atoms with Crippen LogP contribution in [0.5, 0.6) is 0 Å². The second-order valence-corrected chi connectivity index (χ2v) is 6.33. The molecule has 1 aliphatic rings. The fraction of sp³-hybridized carbons (Fsp3) is 0.643. The van der Waals surface area contributed by atoms with Gasteiger partial charge in [-0.3, -0.25) is 4.79 Å². The van der Waals surface area contributed by atoms with Crippen molar-refractivity contribution in [3.63, 3.8) is 0 Å². The number of carbonyl (C=O) groups is 1. The Bertz CT molecular complexity index is 383. The van der Waals surface area contributed by atoms with Gasteiger partial charge in [-0.25, -0.2) is 0 Å². The molecule has 4 heteroatoms. The lowest BCUT2D eigenvalue weighted by atomic mass is 9.81. The molecule has 100 valence electrons. The molecule has 1 saturated heterocycles. The highest BCUT2D eigenvalue weighted by Crippen LogP contribution is 2.25. The third-order valence-electron chi connectivity index (χ3n) is 3.64. The molecule has 2 unspecified atom stereocenters. The normalized spacial score (nSPS) is 25.7. The highest BCUT2D eigenvalue weighted by Gasteiger charge is 2.34. The predicted octanol–water partition coefficient (Wildman–Crippen LogP) is 2.18. The van der Waals surface area contributed by atoms with E-state index in [1.54, 1.807) is 11.3 Å². The van der Waals surface area contributed by atoms with Crippen molar-refractivity contribution in [3.8, 4) is 0 Å². The minimum absolute atomic E-state index is 0.192. The van der Waals surface area contributed by atoms with E-state index in [2.05, 4.69) is 41.3 Å². The predicted molar refractivity (Wildman–Crippen MR) is 75.8 cm³/mol. The van der Waals surface area contributed by atoms with Crippen molar-refractivity contribution in [1.82, 2.24) is 10.6 Å². The number of hydrogen-bond acceptors (Lipinski definition) is 3. The van der Waals surface area contributed by atoms with Crippen LogP contribution in [0.2, 0.25) is 0 Å². The van der Waals surface area contributed by atoms with Gasteiger partial charge in [-0.2, -0.15) is 11.3 Å². The third-order valence-corrected chi connectivity index (χ3v) is 4.38. The molecule has 2 atom stereocenters. The van der Waals surface area contributed by atoms with Gasteiger partial charge in [0.05, 0.1) is 5.41 Å². The lowest BCUT2D eigenvalue weighted by Gasteiger charge is -2.33. The Hall–Kier alpha value is -0.870. The molecule has 0 saturated carbocycles. The molecular formula is C14H22N2OS. The van der Waals surface area contributed by atoms with E-state index in [0.29, 0.717) is 0 Å². The summed E-state index contributed by atoms with van der Waals surface area (Å²) in [5, 5.41) is 10.7. The van der Waals surface area contributed by atoms with E-state index in [1.165, 1.54) is 5.56 Å². The van der Waals surface area contributed by atoms with E-state index >= 15 is 0 Å². The minimum Gasteiger partial charge on any atom is -0.353 e. The molecular weight excluding hydrogens is 244 g/mol. The van der Waals surface area contributed by atoms with Crippen molar-refractivity contribution >= 4 is 17.2 Å². The smallest absolute Gasteiger partial charge is 0.227 e. The Morgan fingerprint density at radius 1 is 1.67 bits per heavy atom. The summed E-state index contributed by atoms with van der Waals surface area (Å²) >= 11 is 1.71. The maximum absolute atomic E-state index is 12.3. The van der Waals surface area contributed by atoms with Crippen LogP contribution >= 0.6 is 11.3 Å². The Morgan fingerprint density at radius 2 is 2.50 bits per heavy atom. The van der Waals surface area contributed by atoms with Gasteiger partial charge < -0.3 is 10.6 Å². The summed E-state index contributed by atoms with van der Waals surface area (Å²) in [5.41, 5.74) is 1.07. The van der Waals surface area contributed by atoms with Gasteiger partial charge in [0, 0.05) is 12.6 Å². The highest BCUT2D eigenvalue weighted by atomic mass is 32.1. The summed E-state index contributed by atoms with van der Waals surface area (Å²) in [7, 11) is 0. The van der Waals surface area contributed by atoms with Crippen LogP contribution in [0.4, 0.5) is 0 Å². The first-order valence-corrected chi connectivity index (χ1v) is 7.57. The van der Waals surface area contributed by atoms with E-state index in [9.17, 15) is 4.79 Å². The van der Waals surface area contributed by atoms with Gasteiger partial charge in [0.1, 0.15) is 0 Å². The highest BCUT2D eigenvalue weighted by molar-refractivity contribution is 7.07. The number of hydrogen-bond donors (Lipinski definition) is 2. The number of piperidine rings is 1. The van der Waals surface area contributed by atoms with Crippen molar-refractivity contribution < 1.29 is 4.79 Å². The number of thiophene rings is 1. The van der Waals surface area contributed by atoms with Crippen LogP contribution < -0.4 is 10.6 Å². The molecule has 0 aromatic carbocycles. The first-order valence-electron chi connectivity index (χ1n) is 6.63. The Morgan fingerprint density at radius 3 is 3.11 bits per heavy atom. The molecule has 2 rings (SSSR count). The van der Waals surface area contributed by atoms with Crippen molar-refractivity contribution in [1.29, 1.82) is 0 Å². The Labute approximate surface area is 113 Å². The maximum Gasteiger partial charge on any atom is 0.227 e. The summed E-state index contributed by atoms with van der Waals surface area (Å²) in [6.45, 7) is 5.97. The molecule has 0 radical (unpaired) electrons. The molecule has 2 N–H and O–H groups in total. The summed E-state index contributed by atoms with van der Waals surface area (Å²) in [6.07, 6.45) is 2.98. The third kappa shape index (κ3) is 3.33. The summed E-state index contributed by atoms with van der Waals surface area (Å²) in [5.74, 6) is 0.192. The zero-order chi connectivity index (χ0) is 13.0. The average Bonchev–Trinajstić information content (AvgIpc) is 2.82. The number of nitrogens with one attached hydrogen (secondary N) is 2. The van der Waals surface area contributed by atoms with E-state index in [-0.39, 0.29) is 17.4 Å². The summed E-state index contributed by atoms with van der Waals surface area (Å²) in [6, 6.07) is 2.32. The van der Waals surface area contributed by atoms with Gasteiger partial charge in [-0.15, -0.1) is 0 Å². The van der Waals surface area contributed by atoms with Gasteiger partial charge in [0.2, 0.25) is 5.91 Å². The molecule has 18 heavy (non-hydrogen) atoms. The van der Waals surface area contributed by atoms with E-state index in [0.717, 1.165) is 32.4 Å². The zero-order valence-electron chi connectivity index (χ0n) is 11.2. The van der Waals surface area contributed by atoms with Gasteiger partial charge in [-0.1, -0.05) is 0 Å². The zero-order valence-corrected chi connectivity index (χ0v) is 12.0. The van der Waals surface area contributed by atoms with Gasteiger partial charge in [-0.05, 0) is 62.0 Å². The molecule has 3 nitrogen and oxygen atoms in total. The topological polar surface area (TPSA) is 41.1 Å². The van der Waals surface area contributed by atoms with Crippen molar-refractivity contribution in [3.05, 3.63) is 22.4 Å². The monoisotopic (exact) mass is 266 g/mol. The van der Waals surface area contributed by atoms with Crippen LogP contribution in [-0.4, -0.2) is 25.0 Å². The van der Waals surface area contributed by atoms with Crippen molar-refractivity contribution in [2.45, 2.75) is 39.2 Å². The summed E-state index contributed by atoms with van der Waals surface area (Å²) in [4.78, 5) is 12.3. The van der Waals surface area contributed by atoms with Crippen LogP contribution in [0.3, 0.4) is 0 Å². The van der Waals surface area contributed by atoms with Gasteiger partial charge >= 0.3 is 0 Å². The number of carbonyl (C=O) groups excluding carboxylic acids is 1. The molecule has 1 aliphatic heterocycles. The fourth-order valence-corrected chi connectivity index (χ4v) is 3.14. The molecule has 1 fully saturated rings. The first-order chi connectivity index (χ1) is 8.60. The van der Waals surface area contributed by atoms with Crippen molar-refractivity contribution in [2.24, 2.45) is 5.41 Å². The van der Waals surface area contributed by atoms with Crippen LogP contribution in [0, 0.1) is 5.41 Å². The van der Waals surface area contributed by atoms with Crippen LogP contribution in [0.1, 0.15) is 32.3 Å². The minimum atomic E-state index is -0.235. The SMILES string of the molecule is CC(Cc1ccsc1)NC(=O)C1(C)CCCNC1. The summed E-state index contributed by atoms with van der Waals surface area (Å²) < 4.78 is 0. The lowest BCUT2D eigenvalue weighted by Crippen LogP contribution is -2.51. The van der Waals surface area contributed by atoms with Crippen LogP contribution in [-0.2, 0) is 11.2 Å². The van der Waals surface area contributed by atoms with Crippen LogP contribution in [0.25, 0.3) is 0 Å². The van der Waals surface area contributed by atoms with E-state index < -0.39 is 0 Å². The standard InChI is InChI=1S/C14H22N2OS/c1-11(8-12-4-7-18-9-12)16-13(17)14(2)5-3-6-15-10-14/h4,7,9,11,15H,3,5-6,8,10H2,1-2H3,(H,16,17). The molecule has 1 amide bonds.